The minimum atomic E-state index is 0.0386. The summed E-state index contributed by atoms with van der Waals surface area (Å²) in [6.45, 7) is 8.39. The van der Waals surface area contributed by atoms with Crippen LogP contribution in [0.25, 0.3) is 0 Å². The highest BCUT2D eigenvalue weighted by atomic mass is 16.1. The van der Waals surface area contributed by atoms with Crippen molar-refractivity contribution in [3.8, 4) is 0 Å². The van der Waals surface area contributed by atoms with E-state index in [1.54, 1.807) is 0 Å². The number of nitrogens with one attached hydrogen (secondary N) is 2. The summed E-state index contributed by atoms with van der Waals surface area (Å²) in [6, 6.07) is 3.82. The molecule has 0 aliphatic carbocycles. The summed E-state index contributed by atoms with van der Waals surface area (Å²) in [5, 5.41) is 6.21. The molecule has 1 heterocycles. The van der Waals surface area contributed by atoms with Crippen molar-refractivity contribution < 1.29 is 4.79 Å². The average molecular weight is 276 g/mol. The van der Waals surface area contributed by atoms with Crippen LogP contribution in [0.4, 0.5) is 17.1 Å². The monoisotopic (exact) mass is 276 g/mol. The zero-order chi connectivity index (χ0) is 14.5. The summed E-state index contributed by atoms with van der Waals surface area (Å²) < 4.78 is 0. The van der Waals surface area contributed by atoms with Crippen LogP contribution in [0, 0.1) is 0 Å². The standard InChI is InChI=1S/C15H24N4O/c1-3-6-19(4-2)7-5-17-14-10-13-11(8-12(14)16)9-15(20)18-13/h8,10,17H,3-7,9,16H2,1-2H3,(H,18,20). The second kappa shape index (κ2) is 6.61. The number of carbonyl (C=O) groups is 1. The van der Waals surface area contributed by atoms with Crippen molar-refractivity contribution in [1.29, 1.82) is 0 Å². The molecule has 0 saturated carbocycles. The fourth-order valence-electron chi connectivity index (χ4n) is 2.54. The van der Waals surface area contributed by atoms with E-state index in [0.717, 1.165) is 43.1 Å². The van der Waals surface area contributed by atoms with Gasteiger partial charge in [-0.2, -0.15) is 0 Å². The molecular weight excluding hydrogens is 252 g/mol. The molecule has 1 amide bonds. The van der Waals surface area contributed by atoms with Crippen molar-refractivity contribution in [2.24, 2.45) is 0 Å². The van der Waals surface area contributed by atoms with Gasteiger partial charge in [-0.1, -0.05) is 13.8 Å². The Balaban J connectivity index is 1.93. The number of hydrogen-bond donors (Lipinski definition) is 3. The Morgan fingerprint density at radius 3 is 2.85 bits per heavy atom. The zero-order valence-corrected chi connectivity index (χ0v) is 12.3. The SMILES string of the molecule is CCCN(CC)CCNc1cc2c(cc1N)CC(=O)N2. The molecule has 0 atom stereocenters. The normalized spacial score (nSPS) is 13.4. The van der Waals surface area contributed by atoms with Crippen molar-refractivity contribution in [2.45, 2.75) is 26.7 Å². The molecule has 5 heteroatoms. The van der Waals surface area contributed by atoms with E-state index >= 15 is 0 Å². The third kappa shape index (κ3) is 3.42. The predicted octanol–water partition coefficient (Wildman–Crippen LogP) is 1.91. The topological polar surface area (TPSA) is 70.4 Å². The predicted molar refractivity (Wildman–Crippen MR) is 84.1 cm³/mol. The number of benzene rings is 1. The first kappa shape index (κ1) is 14.7. The van der Waals surface area contributed by atoms with Crippen LogP contribution < -0.4 is 16.4 Å². The summed E-state index contributed by atoms with van der Waals surface area (Å²) in [6.07, 6.45) is 1.60. The average Bonchev–Trinajstić information content (AvgIpc) is 2.77. The van der Waals surface area contributed by atoms with E-state index in [-0.39, 0.29) is 5.91 Å². The van der Waals surface area contributed by atoms with E-state index in [2.05, 4.69) is 29.4 Å². The number of likely N-dealkylation sites (N-methyl/N-ethyl adjacent to an activating group) is 1. The largest absolute Gasteiger partial charge is 0.397 e. The van der Waals surface area contributed by atoms with Gasteiger partial charge in [0.1, 0.15) is 0 Å². The van der Waals surface area contributed by atoms with Gasteiger partial charge in [-0.05, 0) is 37.2 Å². The summed E-state index contributed by atoms with van der Waals surface area (Å²) in [5.41, 5.74) is 9.51. The number of hydrogen-bond acceptors (Lipinski definition) is 4. The summed E-state index contributed by atoms with van der Waals surface area (Å²) >= 11 is 0. The van der Waals surface area contributed by atoms with Gasteiger partial charge in [0, 0.05) is 18.8 Å². The lowest BCUT2D eigenvalue weighted by Crippen LogP contribution is -2.29. The Kier molecular flexibility index (Phi) is 4.84. The van der Waals surface area contributed by atoms with E-state index < -0.39 is 0 Å². The molecular formula is C15H24N4O. The third-order valence-electron chi connectivity index (χ3n) is 3.63. The quantitative estimate of drug-likeness (QED) is 0.665. The van der Waals surface area contributed by atoms with E-state index in [9.17, 15) is 4.79 Å². The van der Waals surface area contributed by atoms with Crippen LogP contribution >= 0.6 is 0 Å². The molecule has 0 aromatic heterocycles. The molecule has 0 radical (unpaired) electrons. The van der Waals surface area contributed by atoms with E-state index in [4.69, 9.17) is 5.73 Å². The zero-order valence-electron chi connectivity index (χ0n) is 12.3. The molecule has 0 bridgehead atoms. The van der Waals surface area contributed by atoms with Crippen molar-refractivity contribution >= 4 is 23.0 Å². The number of nitrogens with two attached hydrogens (primary N) is 1. The molecule has 2 rings (SSSR count). The molecule has 4 N–H and O–H groups in total. The highest BCUT2D eigenvalue weighted by molar-refractivity contribution is 6.00. The fourth-order valence-corrected chi connectivity index (χ4v) is 2.54. The van der Waals surface area contributed by atoms with Gasteiger partial charge < -0.3 is 21.3 Å². The minimum Gasteiger partial charge on any atom is -0.397 e. The Bertz CT molecular complexity index is 487. The first-order chi connectivity index (χ1) is 9.63. The molecule has 0 saturated heterocycles. The second-order valence-corrected chi connectivity index (χ2v) is 5.18. The smallest absolute Gasteiger partial charge is 0.228 e. The molecule has 110 valence electrons. The van der Waals surface area contributed by atoms with E-state index in [1.807, 2.05) is 12.1 Å². The Morgan fingerprint density at radius 2 is 2.15 bits per heavy atom. The molecule has 1 aliphatic rings. The van der Waals surface area contributed by atoms with Crippen LogP contribution in [0.15, 0.2) is 12.1 Å². The third-order valence-corrected chi connectivity index (χ3v) is 3.63. The first-order valence-corrected chi connectivity index (χ1v) is 7.32. The number of rotatable bonds is 7. The first-order valence-electron chi connectivity index (χ1n) is 7.32. The highest BCUT2D eigenvalue weighted by Gasteiger charge is 2.19. The van der Waals surface area contributed by atoms with Crippen LogP contribution in [0.1, 0.15) is 25.8 Å². The van der Waals surface area contributed by atoms with Gasteiger partial charge in [-0.25, -0.2) is 0 Å². The maximum absolute atomic E-state index is 11.4. The molecule has 1 aliphatic heterocycles. The van der Waals surface area contributed by atoms with Gasteiger partial charge in [-0.3, -0.25) is 4.79 Å². The lowest BCUT2D eigenvalue weighted by molar-refractivity contribution is -0.115. The molecule has 20 heavy (non-hydrogen) atoms. The number of carbonyl (C=O) groups excluding carboxylic acids is 1. The van der Waals surface area contributed by atoms with E-state index in [0.29, 0.717) is 12.1 Å². The molecule has 0 unspecified atom stereocenters. The number of fused-ring (bicyclic) bond motifs is 1. The van der Waals surface area contributed by atoms with Gasteiger partial charge in [0.2, 0.25) is 5.91 Å². The van der Waals surface area contributed by atoms with Gasteiger partial charge in [0.15, 0.2) is 0 Å². The van der Waals surface area contributed by atoms with Crippen molar-refractivity contribution in [3.63, 3.8) is 0 Å². The van der Waals surface area contributed by atoms with Gasteiger partial charge in [0.05, 0.1) is 17.8 Å². The number of nitrogen functional groups attached to an aromatic ring is 1. The Hall–Kier alpha value is -1.75. The molecule has 1 aromatic rings. The summed E-state index contributed by atoms with van der Waals surface area (Å²) in [4.78, 5) is 13.8. The molecule has 0 fully saturated rings. The van der Waals surface area contributed by atoms with Crippen LogP contribution in [0.2, 0.25) is 0 Å². The maximum Gasteiger partial charge on any atom is 0.228 e. The van der Waals surface area contributed by atoms with Crippen LogP contribution in [-0.2, 0) is 11.2 Å². The summed E-state index contributed by atoms with van der Waals surface area (Å²) in [7, 11) is 0. The lowest BCUT2D eigenvalue weighted by Gasteiger charge is -2.20. The van der Waals surface area contributed by atoms with Gasteiger partial charge in [0.25, 0.3) is 0 Å². The minimum absolute atomic E-state index is 0.0386. The number of amides is 1. The fraction of sp³-hybridized carbons (Fsp3) is 0.533. The van der Waals surface area contributed by atoms with Crippen molar-refractivity contribution in [1.82, 2.24) is 4.90 Å². The van der Waals surface area contributed by atoms with E-state index in [1.165, 1.54) is 6.42 Å². The van der Waals surface area contributed by atoms with Crippen molar-refractivity contribution in [3.05, 3.63) is 17.7 Å². The summed E-state index contributed by atoms with van der Waals surface area (Å²) in [5.74, 6) is 0.0386. The maximum atomic E-state index is 11.4. The molecule has 0 spiro atoms. The number of nitrogens with zero attached hydrogens (tertiary/aromatic N) is 1. The van der Waals surface area contributed by atoms with Gasteiger partial charge >= 0.3 is 0 Å². The number of anilines is 3. The second-order valence-electron chi connectivity index (χ2n) is 5.18. The highest BCUT2D eigenvalue weighted by Crippen LogP contribution is 2.31. The van der Waals surface area contributed by atoms with Crippen molar-refractivity contribution in [2.75, 3.05) is 42.5 Å². The van der Waals surface area contributed by atoms with Gasteiger partial charge in [-0.15, -0.1) is 0 Å². The lowest BCUT2D eigenvalue weighted by atomic mass is 10.1. The van der Waals surface area contributed by atoms with Crippen LogP contribution in [0.5, 0.6) is 0 Å². The van der Waals surface area contributed by atoms with Crippen LogP contribution in [-0.4, -0.2) is 37.0 Å². The van der Waals surface area contributed by atoms with Crippen LogP contribution in [0.3, 0.4) is 0 Å². The Morgan fingerprint density at radius 1 is 1.35 bits per heavy atom. The Labute approximate surface area is 120 Å². The molecule has 5 nitrogen and oxygen atoms in total. The molecule has 1 aromatic carbocycles.